The van der Waals surface area contributed by atoms with Crippen LogP contribution in [0.25, 0.3) is 11.3 Å². The number of esters is 1. The molecule has 3 aliphatic rings. The van der Waals surface area contributed by atoms with Gasteiger partial charge in [0.15, 0.2) is 0 Å². The SMILES string of the molecule is COC(=O)[C@]12C[C@H]1CN(c1nccc(-c3cccc(C)c3OCc3cc(C)c4c(c3)CCN(C(=O)OC(C)(C)C)C4)n1)C2. The van der Waals surface area contributed by atoms with E-state index in [-0.39, 0.29) is 12.1 Å². The number of amides is 1. The van der Waals surface area contributed by atoms with Crippen molar-refractivity contribution < 1.29 is 23.8 Å². The van der Waals surface area contributed by atoms with Crippen molar-refractivity contribution in [1.82, 2.24) is 14.9 Å². The molecule has 1 saturated carbocycles. The Balaban J connectivity index is 1.18. The molecule has 1 aliphatic carbocycles. The third-order valence-corrected chi connectivity index (χ3v) is 8.81. The number of aromatic nitrogens is 2. The lowest BCUT2D eigenvalue weighted by atomic mass is 9.93. The minimum Gasteiger partial charge on any atom is -0.488 e. The summed E-state index contributed by atoms with van der Waals surface area (Å²) >= 11 is 0. The van der Waals surface area contributed by atoms with Crippen LogP contribution in [0.2, 0.25) is 0 Å². The van der Waals surface area contributed by atoms with Crippen molar-refractivity contribution in [3.63, 3.8) is 0 Å². The molecule has 2 aromatic carbocycles. The largest absolute Gasteiger partial charge is 0.488 e. The lowest BCUT2D eigenvalue weighted by Gasteiger charge is -2.32. The van der Waals surface area contributed by atoms with E-state index in [1.807, 2.05) is 52.0 Å². The summed E-state index contributed by atoms with van der Waals surface area (Å²) in [6.07, 6.45) is 3.15. The Morgan fingerprint density at radius 3 is 2.70 bits per heavy atom. The second-order valence-corrected chi connectivity index (χ2v) is 13.1. The van der Waals surface area contributed by atoms with Gasteiger partial charge in [0.1, 0.15) is 18.0 Å². The average Bonchev–Trinajstić information content (AvgIpc) is 3.55. The first-order chi connectivity index (χ1) is 20.5. The van der Waals surface area contributed by atoms with Gasteiger partial charge in [-0.15, -0.1) is 0 Å². The Hall–Kier alpha value is -4.14. The predicted molar refractivity (Wildman–Crippen MR) is 163 cm³/mol. The standard InChI is InChI=1S/C34H40N4O5/c1-21-8-7-9-26(28-10-12-35-31(36-28)38-17-25-16-34(25,20-38)30(39)41-6)29(21)42-19-23-14-22(2)27-18-37(13-11-24(27)15-23)32(40)43-33(3,4)5/h7-10,12,14-15,25H,11,13,16-20H2,1-6H3/t25-,34-/m0/s1. The first kappa shape index (κ1) is 29.0. The fraction of sp³-hybridized carbons (Fsp3) is 0.471. The number of ether oxygens (including phenoxy) is 3. The number of nitrogens with zero attached hydrogens (tertiary/aromatic N) is 4. The molecule has 0 radical (unpaired) electrons. The number of hydrogen-bond donors (Lipinski definition) is 0. The number of methoxy groups -OCH3 is 1. The topological polar surface area (TPSA) is 94.1 Å². The van der Waals surface area contributed by atoms with E-state index in [0.717, 1.165) is 53.1 Å². The van der Waals surface area contributed by atoms with Crippen LogP contribution in [-0.2, 0) is 33.8 Å². The maximum Gasteiger partial charge on any atom is 0.410 e. The molecule has 1 amide bonds. The van der Waals surface area contributed by atoms with Gasteiger partial charge >= 0.3 is 12.1 Å². The third kappa shape index (κ3) is 5.65. The van der Waals surface area contributed by atoms with Gasteiger partial charge in [-0.25, -0.2) is 14.8 Å². The molecule has 2 fully saturated rings. The molecule has 0 unspecified atom stereocenters. The van der Waals surface area contributed by atoms with Crippen molar-refractivity contribution in [1.29, 1.82) is 0 Å². The quantitative estimate of drug-likeness (QED) is 0.344. The highest BCUT2D eigenvalue weighted by atomic mass is 16.6. The van der Waals surface area contributed by atoms with Crippen LogP contribution in [0.5, 0.6) is 5.75 Å². The first-order valence-corrected chi connectivity index (χ1v) is 15.0. The predicted octanol–water partition coefficient (Wildman–Crippen LogP) is 5.63. The van der Waals surface area contributed by atoms with Gasteiger partial charge in [0.25, 0.3) is 0 Å². The molecule has 1 saturated heterocycles. The highest BCUT2D eigenvalue weighted by Crippen LogP contribution is 2.58. The fourth-order valence-corrected chi connectivity index (χ4v) is 6.52. The fourth-order valence-electron chi connectivity index (χ4n) is 6.52. The summed E-state index contributed by atoms with van der Waals surface area (Å²) in [6.45, 7) is 12.7. The molecule has 3 heterocycles. The van der Waals surface area contributed by atoms with Crippen molar-refractivity contribution in [2.45, 2.75) is 66.2 Å². The molecule has 2 aliphatic heterocycles. The lowest BCUT2D eigenvalue weighted by Crippen LogP contribution is -2.40. The number of anilines is 1. The van der Waals surface area contributed by atoms with Crippen LogP contribution in [-0.4, -0.2) is 59.3 Å². The summed E-state index contributed by atoms with van der Waals surface area (Å²) in [5.41, 5.74) is 6.43. The number of hydrogen-bond acceptors (Lipinski definition) is 8. The molecule has 226 valence electrons. The van der Waals surface area contributed by atoms with Crippen LogP contribution >= 0.6 is 0 Å². The van der Waals surface area contributed by atoms with E-state index >= 15 is 0 Å². The zero-order valence-corrected chi connectivity index (χ0v) is 25.9. The Bertz CT molecular complexity index is 1580. The molecule has 9 nitrogen and oxygen atoms in total. The normalized spacial score (nSPS) is 20.7. The van der Waals surface area contributed by atoms with E-state index in [0.29, 0.717) is 38.1 Å². The van der Waals surface area contributed by atoms with Crippen molar-refractivity contribution >= 4 is 18.0 Å². The summed E-state index contributed by atoms with van der Waals surface area (Å²) in [5, 5.41) is 0. The van der Waals surface area contributed by atoms with Gasteiger partial charge in [0.05, 0.1) is 18.2 Å². The molecule has 0 spiro atoms. The molecule has 1 aromatic heterocycles. The molecule has 3 aromatic rings. The van der Waals surface area contributed by atoms with Gasteiger partial charge in [-0.2, -0.15) is 0 Å². The second-order valence-electron chi connectivity index (χ2n) is 13.1. The van der Waals surface area contributed by atoms with Crippen molar-refractivity contribution in [3.05, 3.63) is 70.4 Å². The van der Waals surface area contributed by atoms with E-state index in [9.17, 15) is 9.59 Å². The maximum absolute atomic E-state index is 12.7. The molecule has 43 heavy (non-hydrogen) atoms. The highest BCUT2D eigenvalue weighted by Gasteiger charge is 2.66. The van der Waals surface area contributed by atoms with Gasteiger partial charge in [0.2, 0.25) is 5.95 Å². The number of piperidine rings is 1. The molecular formula is C34H40N4O5. The molecule has 6 rings (SSSR count). The number of aryl methyl sites for hydroxylation is 2. The Labute approximate surface area is 253 Å². The van der Waals surface area contributed by atoms with Crippen LogP contribution in [0.3, 0.4) is 0 Å². The van der Waals surface area contributed by atoms with Gasteiger partial charge in [-0.05, 0) is 93.3 Å². The average molecular weight is 585 g/mol. The number of benzene rings is 2. The first-order valence-electron chi connectivity index (χ1n) is 15.0. The smallest absolute Gasteiger partial charge is 0.410 e. The minimum atomic E-state index is -0.517. The van der Waals surface area contributed by atoms with E-state index in [1.165, 1.54) is 18.2 Å². The van der Waals surface area contributed by atoms with Crippen LogP contribution in [0.15, 0.2) is 42.6 Å². The lowest BCUT2D eigenvalue weighted by molar-refractivity contribution is -0.146. The third-order valence-electron chi connectivity index (χ3n) is 8.81. The Morgan fingerprint density at radius 2 is 1.93 bits per heavy atom. The highest BCUT2D eigenvalue weighted by molar-refractivity contribution is 5.83. The van der Waals surface area contributed by atoms with E-state index in [1.54, 1.807) is 11.1 Å². The van der Waals surface area contributed by atoms with Crippen LogP contribution in [0.1, 0.15) is 55.0 Å². The van der Waals surface area contributed by atoms with Gasteiger partial charge in [-0.3, -0.25) is 4.79 Å². The minimum absolute atomic E-state index is 0.136. The van der Waals surface area contributed by atoms with Gasteiger partial charge < -0.3 is 24.0 Å². The van der Waals surface area contributed by atoms with E-state index < -0.39 is 11.0 Å². The van der Waals surface area contributed by atoms with Gasteiger partial charge in [-0.1, -0.05) is 24.3 Å². The molecule has 2 atom stereocenters. The number of carbonyl (C=O) groups excluding carboxylic acids is 2. The molecule has 0 bridgehead atoms. The number of para-hydroxylation sites is 1. The van der Waals surface area contributed by atoms with E-state index in [4.69, 9.17) is 19.2 Å². The summed E-state index contributed by atoms with van der Waals surface area (Å²) in [4.78, 5) is 38.4. The summed E-state index contributed by atoms with van der Waals surface area (Å²) in [7, 11) is 1.46. The number of fused-ring (bicyclic) bond motifs is 2. The van der Waals surface area contributed by atoms with Crippen LogP contribution < -0.4 is 9.64 Å². The summed E-state index contributed by atoms with van der Waals surface area (Å²) in [6, 6.07) is 12.3. The van der Waals surface area contributed by atoms with Crippen LogP contribution in [0.4, 0.5) is 10.7 Å². The zero-order valence-electron chi connectivity index (χ0n) is 25.9. The molecule has 9 heteroatoms. The Kier molecular flexibility index (Phi) is 7.30. The summed E-state index contributed by atoms with van der Waals surface area (Å²) in [5.74, 6) is 1.56. The Morgan fingerprint density at radius 1 is 1.12 bits per heavy atom. The number of rotatable bonds is 6. The maximum atomic E-state index is 12.7. The zero-order chi connectivity index (χ0) is 30.5. The molecule has 0 N–H and O–H groups in total. The van der Waals surface area contributed by atoms with Crippen LogP contribution in [0, 0.1) is 25.2 Å². The van der Waals surface area contributed by atoms with E-state index in [2.05, 4.69) is 28.9 Å². The molecular weight excluding hydrogens is 544 g/mol. The van der Waals surface area contributed by atoms with Crippen molar-refractivity contribution in [2.24, 2.45) is 11.3 Å². The summed E-state index contributed by atoms with van der Waals surface area (Å²) < 4.78 is 17.2. The number of carbonyl (C=O) groups is 2. The second kappa shape index (κ2) is 10.8. The van der Waals surface area contributed by atoms with Gasteiger partial charge in [0, 0.05) is 37.9 Å². The monoisotopic (exact) mass is 584 g/mol. The van der Waals surface area contributed by atoms with Crippen molar-refractivity contribution in [2.75, 3.05) is 31.6 Å². The van der Waals surface area contributed by atoms with Crippen molar-refractivity contribution in [3.8, 4) is 17.0 Å².